The van der Waals surface area contributed by atoms with Gasteiger partial charge in [-0.3, -0.25) is 9.58 Å². The van der Waals surface area contributed by atoms with Crippen molar-refractivity contribution < 1.29 is 9.84 Å². The van der Waals surface area contributed by atoms with E-state index < -0.39 is 5.60 Å². The molecule has 2 saturated heterocycles. The molecule has 0 radical (unpaired) electrons. The fourth-order valence-corrected chi connectivity index (χ4v) is 4.42. The van der Waals surface area contributed by atoms with Gasteiger partial charge in [-0.15, -0.1) is 0 Å². The molecule has 5 heteroatoms. The van der Waals surface area contributed by atoms with Crippen molar-refractivity contribution in [3.63, 3.8) is 0 Å². The third kappa shape index (κ3) is 3.68. The first kappa shape index (κ1) is 17.9. The molecule has 0 saturated carbocycles. The van der Waals surface area contributed by atoms with Gasteiger partial charge >= 0.3 is 0 Å². The van der Waals surface area contributed by atoms with Gasteiger partial charge in [-0.05, 0) is 51.6 Å². The maximum absolute atomic E-state index is 10.8. The summed E-state index contributed by atoms with van der Waals surface area (Å²) in [5, 5.41) is 15.6. The van der Waals surface area contributed by atoms with Crippen LogP contribution in [0, 0.1) is 5.92 Å². The predicted molar refractivity (Wildman–Crippen MR) is 94.8 cm³/mol. The lowest BCUT2D eigenvalue weighted by Crippen LogP contribution is -2.52. The molecule has 0 aliphatic carbocycles. The number of hydrogen-bond donors (Lipinski definition) is 1. The number of aliphatic hydroxyl groups is 1. The lowest BCUT2D eigenvalue weighted by molar-refractivity contribution is -0.123. The molecule has 1 aromatic rings. The zero-order valence-electron chi connectivity index (χ0n) is 15.4. The maximum Gasteiger partial charge on any atom is 0.0765 e. The van der Waals surface area contributed by atoms with Gasteiger partial charge in [-0.25, -0.2) is 0 Å². The molecule has 3 heterocycles. The fourth-order valence-electron chi connectivity index (χ4n) is 4.42. The van der Waals surface area contributed by atoms with Crippen LogP contribution in [0.25, 0.3) is 0 Å². The number of likely N-dealkylation sites (tertiary alicyclic amines) is 1. The molecule has 0 amide bonds. The van der Waals surface area contributed by atoms with Crippen LogP contribution in [0.5, 0.6) is 0 Å². The summed E-state index contributed by atoms with van der Waals surface area (Å²) in [5.74, 6) is 0.204. The molecule has 3 atom stereocenters. The van der Waals surface area contributed by atoms with Gasteiger partial charge in [0.05, 0.1) is 23.9 Å². The van der Waals surface area contributed by atoms with Gasteiger partial charge < -0.3 is 9.84 Å². The number of aromatic nitrogens is 2. The maximum atomic E-state index is 10.8. The van der Waals surface area contributed by atoms with Crippen molar-refractivity contribution in [3.8, 4) is 0 Å². The third-order valence-electron chi connectivity index (χ3n) is 6.07. The summed E-state index contributed by atoms with van der Waals surface area (Å²) < 4.78 is 7.81. The SMILES string of the molecule is CCC(CC)n1ccc(CN2CCC[C@@H]2[C@@H]2COCC[C@]2(C)O)n1. The minimum atomic E-state index is -0.611. The van der Waals surface area contributed by atoms with Crippen LogP contribution in [0.15, 0.2) is 12.3 Å². The Bertz CT molecular complexity index is 524. The summed E-state index contributed by atoms with van der Waals surface area (Å²) in [4.78, 5) is 2.51. The first-order valence-electron chi connectivity index (χ1n) is 9.63. The molecule has 3 rings (SSSR count). The molecule has 0 unspecified atom stereocenters. The average molecular weight is 335 g/mol. The number of hydrogen-bond acceptors (Lipinski definition) is 4. The van der Waals surface area contributed by atoms with E-state index in [4.69, 9.17) is 9.84 Å². The molecule has 1 aromatic heterocycles. The molecule has 0 aromatic carbocycles. The summed E-state index contributed by atoms with van der Waals surface area (Å²) in [6, 6.07) is 3.06. The number of ether oxygens (including phenoxy) is 1. The highest BCUT2D eigenvalue weighted by atomic mass is 16.5. The molecule has 2 aliphatic rings. The molecular formula is C19H33N3O2. The van der Waals surface area contributed by atoms with Crippen molar-refractivity contribution in [2.75, 3.05) is 19.8 Å². The summed E-state index contributed by atoms with van der Waals surface area (Å²) in [5.41, 5.74) is 0.533. The second-order valence-electron chi connectivity index (χ2n) is 7.73. The van der Waals surface area contributed by atoms with E-state index in [0.29, 0.717) is 25.3 Å². The fraction of sp³-hybridized carbons (Fsp3) is 0.842. The predicted octanol–water partition coefficient (Wildman–Crippen LogP) is 3.00. The van der Waals surface area contributed by atoms with Crippen LogP contribution in [0.2, 0.25) is 0 Å². The van der Waals surface area contributed by atoms with Gasteiger partial charge in [0, 0.05) is 31.3 Å². The summed E-state index contributed by atoms with van der Waals surface area (Å²) in [6.07, 6.45) is 7.45. The zero-order chi connectivity index (χ0) is 17.2. The van der Waals surface area contributed by atoms with Crippen LogP contribution in [0.3, 0.4) is 0 Å². The Labute approximate surface area is 146 Å². The largest absolute Gasteiger partial charge is 0.390 e. The first-order valence-corrected chi connectivity index (χ1v) is 9.63. The minimum absolute atomic E-state index is 0.204. The Morgan fingerprint density at radius 2 is 2.21 bits per heavy atom. The van der Waals surface area contributed by atoms with E-state index in [1.807, 2.05) is 6.92 Å². The summed E-state index contributed by atoms with van der Waals surface area (Å²) in [6.45, 7) is 9.75. The first-order chi connectivity index (χ1) is 11.5. The van der Waals surface area contributed by atoms with Gasteiger partial charge in [-0.2, -0.15) is 5.10 Å². The van der Waals surface area contributed by atoms with Crippen LogP contribution in [-0.4, -0.2) is 51.2 Å². The van der Waals surface area contributed by atoms with E-state index in [9.17, 15) is 5.11 Å². The smallest absolute Gasteiger partial charge is 0.0765 e. The molecule has 0 bridgehead atoms. The monoisotopic (exact) mass is 335 g/mol. The lowest BCUT2D eigenvalue weighted by atomic mass is 9.79. The standard InChI is InChI=1S/C19H33N3O2/c1-4-16(5-2)22-11-8-15(20-22)13-21-10-6-7-18(21)17-14-24-12-9-19(17,3)23/h8,11,16-18,23H,4-7,9-10,12-14H2,1-3H3/t17-,18+,19-/m0/s1. The lowest BCUT2D eigenvalue weighted by Gasteiger charge is -2.43. The Hall–Kier alpha value is -0.910. The van der Waals surface area contributed by atoms with Crippen LogP contribution in [0.4, 0.5) is 0 Å². The summed E-state index contributed by atoms with van der Waals surface area (Å²) in [7, 11) is 0. The van der Waals surface area contributed by atoms with Gasteiger partial charge in [0.15, 0.2) is 0 Å². The van der Waals surface area contributed by atoms with E-state index in [-0.39, 0.29) is 5.92 Å². The highest BCUT2D eigenvalue weighted by Crippen LogP contribution is 2.36. The van der Waals surface area contributed by atoms with Crippen LogP contribution in [-0.2, 0) is 11.3 Å². The van der Waals surface area contributed by atoms with Crippen molar-refractivity contribution in [2.45, 2.75) is 77.1 Å². The van der Waals surface area contributed by atoms with Crippen LogP contribution in [0.1, 0.15) is 64.6 Å². The van der Waals surface area contributed by atoms with E-state index >= 15 is 0 Å². The zero-order valence-corrected chi connectivity index (χ0v) is 15.4. The highest BCUT2D eigenvalue weighted by Gasteiger charge is 2.44. The van der Waals surface area contributed by atoms with Crippen molar-refractivity contribution in [1.29, 1.82) is 0 Å². The molecule has 24 heavy (non-hydrogen) atoms. The Kier molecular flexibility index (Phi) is 5.63. The Balaban J connectivity index is 1.68. The molecule has 1 N–H and O–H groups in total. The van der Waals surface area contributed by atoms with E-state index in [1.165, 1.54) is 6.42 Å². The van der Waals surface area contributed by atoms with Crippen LogP contribution >= 0.6 is 0 Å². The summed E-state index contributed by atoms with van der Waals surface area (Å²) >= 11 is 0. The van der Waals surface area contributed by atoms with E-state index in [2.05, 4.69) is 35.7 Å². The molecule has 2 aliphatic heterocycles. The quantitative estimate of drug-likeness (QED) is 0.868. The topological polar surface area (TPSA) is 50.5 Å². The van der Waals surface area contributed by atoms with Crippen molar-refractivity contribution in [3.05, 3.63) is 18.0 Å². The Morgan fingerprint density at radius 3 is 2.92 bits per heavy atom. The van der Waals surface area contributed by atoms with Crippen molar-refractivity contribution in [1.82, 2.24) is 14.7 Å². The molecular weight excluding hydrogens is 302 g/mol. The number of rotatable bonds is 6. The second-order valence-corrected chi connectivity index (χ2v) is 7.73. The van der Waals surface area contributed by atoms with Gasteiger partial charge in [0.25, 0.3) is 0 Å². The van der Waals surface area contributed by atoms with Crippen LogP contribution < -0.4 is 0 Å². The van der Waals surface area contributed by atoms with E-state index in [1.54, 1.807) is 0 Å². The van der Waals surface area contributed by atoms with Crippen molar-refractivity contribution in [2.24, 2.45) is 5.92 Å². The normalized spacial score (nSPS) is 31.9. The Morgan fingerprint density at radius 1 is 1.42 bits per heavy atom. The third-order valence-corrected chi connectivity index (χ3v) is 6.07. The van der Waals surface area contributed by atoms with Gasteiger partial charge in [0.2, 0.25) is 0 Å². The molecule has 0 spiro atoms. The van der Waals surface area contributed by atoms with Crippen molar-refractivity contribution >= 4 is 0 Å². The van der Waals surface area contributed by atoms with Gasteiger partial charge in [-0.1, -0.05) is 13.8 Å². The molecule has 5 nitrogen and oxygen atoms in total. The number of nitrogens with zero attached hydrogens (tertiary/aromatic N) is 3. The minimum Gasteiger partial charge on any atom is -0.390 e. The second kappa shape index (κ2) is 7.54. The molecule has 136 valence electrons. The van der Waals surface area contributed by atoms with E-state index in [0.717, 1.165) is 44.5 Å². The van der Waals surface area contributed by atoms with Gasteiger partial charge in [0.1, 0.15) is 0 Å². The highest BCUT2D eigenvalue weighted by molar-refractivity contribution is 5.03. The average Bonchev–Trinajstić information content (AvgIpc) is 3.19. The molecule has 2 fully saturated rings.